The van der Waals surface area contributed by atoms with Gasteiger partial charge in [0, 0.05) is 19.1 Å². The van der Waals surface area contributed by atoms with E-state index in [-0.39, 0.29) is 0 Å². The van der Waals surface area contributed by atoms with E-state index in [1.807, 2.05) is 7.05 Å². The lowest BCUT2D eigenvalue weighted by Gasteiger charge is -2.24. The maximum atomic E-state index is 3.43. The summed E-state index contributed by atoms with van der Waals surface area (Å²) < 4.78 is 0. The molecular weight excluding hydrogens is 256 g/mol. The highest BCUT2D eigenvalue weighted by molar-refractivity contribution is 5.24. The van der Waals surface area contributed by atoms with E-state index >= 15 is 0 Å². The molecule has 2 rings (SSSR count). The molecule has 0 aliphatic carbocycles. The lowest BCUT2D eigenvalue weighted by Crippen LogP contribution is -2.32. The summed E-state index contributed by atoms with van der Waals surface area (Å²) in [6, 6.07) is 19.9. The zero-order valence-electron chi connectivity index (χ0n) is 13.3. The Kier molecular flexibility index (Phi) is 5.97. The van der Waals surface area contributed by atoms with Gasteiger partial charge in [-0.15, -0.1) is 0 Å². The average molecular weight is 282 g/mol. The minimum atomic E-state index is 0.381. The van der Waals surface area contributed by atoms with E-state index in [0.717, 1.165) is 19.5 Å². The Morgan fingerprint density at radius 1 is 1.00 bits per heavy atom. The fourth-order valence-electron chi connectivity index (χ4n) is 2.53. The van der Waals surface area contributed by atoms with Crippen molar-refractivity contribution in [1.82, 2.24) is 10.2 Å². The monoisotopic (exact) mass is 282 g/mol. The van der Waals surface area contributed by atoms with Gasteiger partial charge in [-0.2, -0.15) is 0 Å². The van der Waals surface area contributed by atoms with E-state index < -0.39 is 0 Å². The molecule has 0 aliphatic heterocycles. The van der Waals surface area contributed by atoms with Crippen molar-refractivity contribution in [3.05, 3.63) is 71.3 Å². The van der Waals surface area contributed by atoms with Gasteiger partial charge in [-0.05, 0) is 38.6 Å². The van der Waals surface area contributed by atoms with E-state index in [4.69, 9.17) is 0 Å². The van der Waals surface area contributed by atoms with Gasteiger partial charge < -0.3 is 10.2 Å². The number of aryl methyl sites for hydroxylation is 1. The van der Waals surface area contributed by atoms with Crippen molar-refractivity contribution in [2.45, 2.75) is 19.4 Å². The third kappa shape index (κ3) is 5.00. The Labute approximate surface area is 128 Å². The van der Waals surface area contributed by atoms with Crippen molar-refractivity contribution in [1.29, 1.82) is 0 Å². The van der Waals surface area contributed by atoms with Crippen LogP contribution in [0.3, 0.4) is 0 Å². The second-order valence-electron chi connectivity index (χ2n) is 5.75. The van der Waals surface area contributed by atoms with E-state index in [0.29, 0.717) is 6.04 Å². The second-order valence-corrected chi connectivity index (χ2v) is 5.75. The van der Waals surface area contributed by atoms with Crippen molar-refractivity contribution in [3.8, 4) is 0 Å². The first-order valence-electron chi connectivity index (χ1n) is 7.65. The number of likely N-dealkylation sites (N-methyl/N-ethyl adjacent to an activating group) is 2. The van der Waals surface area contributed by atoms with Crippen molar-refractivity contribution in [2.75, 3.05) is 27.2 Å². The molecule has 2 aromatic rings. The van der Waals surface area contributed by atoms with Crippen LogP contribution < -0.4 is 5.32 Å². The van der Waals surface area contributed by atoms with Crippen LogP contribution in [0.25, 0.3) is 0 Å². The summed E-state index contributed by atoms with van der Waals surface area (Å²) >= 11 is 0. The molecule has 2 heteroatoms. The summed E-state index contributed by atoms with van der Waals surface area (Å²) in [5.41, 5.74) is 4.07. The molecule has 112 valence electrons. The number of nitrogens with zero attached hydrogens (tertiary/aromatic N) is 1. The van der Waals surface area contributed by atoms with E-state index in [1.54, 1.807) is 0 Å². The summed E-state index contributed by atoms with van der Waals surface area (Å²) in [6.45, 7) is 4.23. The molecule has 1 N–H and O–H groups in total. The van der Waals surface area contributed by atoms with Crippen molar-refractivity contribution in [3.63, 3.8) is 0 Å². The maximum Gasteiger partial charge on any atom is 0.0446 e. The molecule has 2 nitrogen and oxygen atoms in total. The van der Waals surface area contributed by atoms with Gasteiger partial charge in [0.2, 0.25) is 0 Å². The number of rotatable bonds is 7. The van der Waals surface area contributed by atoms with Gasteiger partial charge in [0.05, 0.1) is 0 Å². The Morgan fingerprint density at radius 3 is 2.29 bits per heavy atom. The molecule has 1 atom stereocenters. The van der Waals surface area contributed by atoms with Crippen molar-refractivity contribution in [2.24, 2.45) is 0 Å². The quantitative estimate of drug-likeness (QED) is 0.837. The minimum absolute atomic E-state index is 0.381. The first-order chi connectivity index (χ1) is 10.2. The molecule has 0 heterocycles. The minimum Gasteiger partial charge on any atom is -0.312 e. The molecule has 0 spiro atoms. The molecular formula is C19H26N2. The van der Waals surface area contributed by atoms with Crippen LogP contribution >= 0.6 is 0 Å². The molecule has 0 radical (unpaired) electrons. The highest BCUT2D eigenvalue weighted by Gasteiger charge is 2.11. The van der Waals surface area contributed by atoms with Crippen LogP contribution in [0.5, 0.6) is 0 Å². The van der Waals surface area contributed by atoms with E-state index in [1.165, 1.54) is 16.7 Å². The van der Waals surface area contributed by atoms with E-state index in [2.05, 4.69) is 78.8 Å². The van der Waals surface area contributed by atoms with Crippen LogP contribution in [0, 0.1) is 6.92 Å². The zero-order valence-corrected chi connectivity index (χ0v) is 13.3. The smallest absolute Gasteiger partial charge is 0.0446 e. The Morgan fingerprint density at radius 2 is 1.67 bits per heavy atom. The van der Waals surface area contributed by atoms with Crippen LogP contribution in [0.4, 0.5) is 0 Å². The van der Waals surface area contributed by atoms with Gasteiger partial charge in [0.25, 0.3) is 0 Å². The highest BCUT2D eigenvalue weighted by Crippen LogP contribution is 2.14. The molecule has 0 amide bonds. The second kappa shape index (κ2) is 7.96. The summed E-state index contributed by atoms with van der Waals surface area (Å²) in [4.78, 5) is 2.40. The van der Waals surface area contributed by atoms with Gasteiger partial charge in [-0.3, -0.25) is 0 Å². The number of nitrogens with one attached hydrogen (secondary N) is 1. The Bertz CT molecular complexity index is 519. The number of hydrogen-bond acceptors (Lipinski definition) is 2. The molecule has 1 unspecified atom stereocenters. The molecule has 0 aliphatic rings. The van der Waals surface area contributed by atoms with Crippen LogP contribution in [-0.4, -0.2) is 32.1 Å². The predicted octanol–water partition coefficient (Wildman–Crippen LogP) is 3.43. The molecule has 0 saturated carbocycles. The predicted molar refractivity (Wildman–Crippen MR) is 90.6 cm³/mol. The average Bonchev–Trinajstić information content (AvgIpc) is 2.52. The molecule has 0 fully saturated rings. The largest absolute Gasteiger partial charge is 0.312 e. The first-order valence-corrected chi connectivity index (χ1v) is 7.65. The first kappa shape index (κ1) is 15.7. The van der Waals surface area contributed by atoms with Crippen LogP contribution in [-0.2, 0) is 6.42 Å². The fourth-order valence-corrected chi connectivity index (χ4v) is 2.53. The molecule has 0 aromatic heterocycles. The summed E-state index contributed by atoms with van der Waals surface area (Å²) in [6.07, 6.45) is 1.10. The SMILES string of the molecule is CNC(CN(C)CCc1ccccc1)c1ccc(C)cc1. The third-order valence-electron chi connectivity index (χ3n) is 3.95. The van der Waals surface area contributed by atoms with Gasteiger partial charge in [0.15, 0.2) is 0 Å². The van der Waals surface area contributed by atoms with Crippen LogP contribution in [0.1, 0.15) is 22.7 Å². The summed E-state index contributed by atoms with van der Waals surface area (Å²) in [7, 11) is 4.23. The molecule has 0 saturated heterocycles. The van der Waals surface area contributed by atoms with Crippen molar-refractivity contribution >= 4 is 0 Å². The molecule has 0 bridgehead atoms. The fraction of sp³-hybridized carbons (Fsp3) is 0.368. The number of benzene rings is 2. The molecule has 21 heavy (non-hydrogen) atoms. The third-order valence-corrected chi connectivity index (χ3v) is 3.95. The topological polar surface area (TPSA) is 15.3 Å². The Hall–Kier alpha value is -1.64. The lowest BCUT2D eigenvalue weighted by molar-refractivity contribution is 0.300. The van der Waals surface area contributed by atoms with Crippen molar-refractivity contribution < 1.29 is 0 Å². The van der Waals surface area contributed by atoms with Gasteiger partial charge in [0.1, 0.15) is 0 Å². The van der Waals surface area contributed by atoms with E-state index in [9.17, 15) is 0 Å². The molecule has 2 aromatic carbocycles. The van der Waals surface area contributed by atoms with Crippen LogP contribution in [0.15, 0.2) is 54.6 Å². The lowest BCUT2D eigenvalue weighted by atomic mass is 10.0. The maximum absolute atomic E-state index is 3.43. The Balaban J connectivity index is 1.87. The normalized spacial score (nSPS) is 12.6. The van der Waals surface area contributed by atoms with Gasteiger partial charge in [-0.25, -0.2) is 0 Å². The standard InChI is InChI=1S/C19H26N2/c1-16-9-11-18(12-10-16)19(20-2)15-21(3)14-13-17-7-5-4-6-8-17/h4-12,19-20H,13-15H2,1-3H3. The zero-order chi connectivity index (χ0) is 15.1. The van der Waals surface area contributed by atoms with Gasteiger partial charge >= 0.3 is 0 Å². The van der Waals surface area contributed by atoms with Gasteiger partial charge in [-0.1, -0.05) is 60.2 Å². The number of hydrogen-bond donors (Lipinski definition) is 1. The summed E-state index contributed by atoms with van der Waals surface area (Å²) in [5, 5.41) is 3.43. The summed E-state index contributed by atoms with van der Waals surface area (Å²) in [5.74, 6) is 0. The van der Waals surface area contributed by atoms with Crippen LogP contribution in [0.2, 0.25) is 0 Å². The highest BCUT2D eigenvalue weighted by atomic mass is 15.1.